The first-order chi connectivity index (χ1) is 20.0. The fourth-order valence-electron chi connectivity index (χ4n) is 5.54. The molecular weight excluding hydrogens is 570 g/mol. The fraction of sp³-hybridized carbons (Fsp3) is 0.586. The lowest BCUT2D eigenvalue weighted by molar-refractivity contribution is -0.137. The molecule has 0 bridgehead atoms. The van der Waals surface area contributed by atoms with E-state index in [1.807, 2.05) is 4.90 Å². The highest BCUT2D eigenvalue weighted by Gasteiger charge is 2.38. The van der Waals surface area contributed by atoms with Crippen molar-refractivity contribution in [1.29, 1.82) is 0 Å². The quantitative estimate of drug-likeness (QED) is 0.382. The minimum absolute atomic E-state index is 0.0106. The maximum Gasteiger partial charge on any atom is 0.416 e. The van der Waals surface area contributed by atoms with Crippen LogP contribution >= 0.6 is 0 Å². The van der Waals surface area contributed by atoms with Crippen molar-refractivity contribution in [2.24, 2.45) is 5.92 Å². The van der Waals surface area contributed by atoms with Crippen LogP contribution in [0.5, 0.6) is 0 Å². The largest absolute Gasteiger partial charge is 0.444 e. The predicted octanol–water partition coefficient (Wildman–Crippen LogP) is 5.19. The summed E-state index contributed by atoms with van der Waals surface area (Å²) in [5.74, 6) is 0.632. The number of aliphatic hydroxyl groups is 1. The summed E-state index contributed by atoms with van der Waals surface area (Å²) in [6, 6.07) is 3.92. The molecule has 3 aromatic rings. The van der Waals surface area contributed by atoms with Crippen LogP contribution in [0, 0.1) is 5.92 Å². The van der Waals surface area contributed by atoms with Gasteiger partial charge < -0.3 is 25.0 Å². The molecule has 2 atom stereocenters. The molecule has 234 valence electrons. The van der Waals surface area contributed by atoms with Crippen LogP contribution < -0.4 is 10.2 Å². The molecule has 2 aliphatic rings. The Hall–Kier alpha value is -3.68. The molecule has 0 radical (unpaired) electrons. The summed E-state index contributed by atoms with van der Waals surface area (Å²) in [6.07, 6.45) is -3.72. The summed E-state index contributed by atoms with van der Waals surface area (Å²) in [4.78, 5) is 25.1. The predicted molar refractivity (Wildman–Crippen MR) is 153 cm³/mol. The van der Waals surface area contributed by atoms with Crippen LogP contribution in [0.3, 0.4) is 0 Å². The molecule has 2 aliphatic heterocycles. The first kappa shape index (κ1) is 30.8. The normalized spacial score (nSPS) is 20.6. The van der Waals surface area contributed by atoms with Gasteiger partial charge in [-0.25, -0.2) is 13.9 Å². The summed E-state index contributed by atoms with van der Waals surface area (Å²) in [5.41, 5.74) is -2.01. The third kappa shape index (κ3) is 6.78. The Kier molecular flexibility index (Phi) is 7.95. The van der Waals surface area contributed by atoms with E-state index in [2.05, 4.69) is 15.4 Å². The number of hydrogen-bond acceptors (Lipinski definition) is 8. The van der Waals surface area contributed by atoms with Gasteiger partial charge in [0.25, 0.3) is 0 Å². The van der Waals surface area contributed by atoms with Crippen LogP contribution in [0.4, 0.5) is 34.1 Å². The lowest BCUT2D eigenvalue weighted by Gasteiger charge is -2.38. The van der Waals surface area contributed by atoms with E-state index >= 15 is 4.39 Å². The summed E-state index contributed by atoms with van der Waals surface area (Å²) < 4.78 is 62.3. The highest BCUT2D eigenvalue weighted by molar-refractivity contribution is 5.89. The van der Waals surface area contributed by atoms with E-state index < -0.39 is 41.2 Å². The van der Waals surface area contributed by atoms with Crippen molar-refractivity contribution in [1.82, 2.24) is 24.6 Å². The molecule has 4 heterocycles. The zero-order chi connectivity index (χ0) is 31.3. The number of aromatic nitrogens is 4. The standard InChI is InChI=1S/C29H37F4N7O3/c1-27(2,3)43-26(41)39-15-21(30)22(16-39)35-25-36-23(38-11-9-17(10-12-38)28(4,5)42)20-14-34-40(24(20)37-25)19-8-6-7-18(13-19)29(31,32)33/h6-8,13-14,17,21-22,42H,9-12,15-16H2,1-5H3,(H,35,36,37)/t21-,22-/m1/s1. The number of alkyl halides is 4. The molecule has 0 spiro atoms. The van der Waals surface area contributed by atoms with Crippen molar-refractivity contribution in [3.8, 4) is 5.69 Å². The van der Waals surface area contributed by atoms with Crippen molar-refractivity contribution in [2.75, 3.05) is 36.4 Å². The number of carbonyl (C=O) groups excluding carboxylic acids is 1. The third-order valence-electron chi connectivity index (χ3n) is 7.83. The zero-order valence-electron chi connectivity index (χ0n) is 24.8. The van der Waals surface area contributed by atoms with Gasteiger partial charge in [-0.2, -0.15) is 28.2 Å². The van der Waals surface area contributed by atoms with Gasteiger partial charge in [0.05, 0.1) is 41.0 Å². The minimum Gasteiger partial charge on any atom is -0.444 e. The number of likely N-dealkylation sites (tertiary alicyclic amines) is 1. The van der Waals surface area contributed by atoms with Crippen LogP contribution in [0.25, 0.3) is 16.7 Å². The Morgan fingerprint density at radius 3 is 2.40 bits per heavy atom. The van der Waals surface area contributed by atoms with Crippen LogP contribution in [-0.2, 0) is 10.9 Å². The van der Waals surface area contributed by atoms with E-state index in [4.69, 9.17) is 9.72 Å². The van der Waals surface area contributed by atoms with Crippen LogP contribution in [0.15, 0.2) is 30.5 Å². The summed E-state index contributed by atoms with van der Waals surface area (Å²) in [6.45, 7) is 9.72. The number of amides is 1. The molecular formula is C29H37F4N7O3. The number of ether oxygens (including phenoxy) is 1. The van der Waals surface area contributed by atoms with Gasteiger partial charge in [0, 0.05) is 19.6 Å². The van der Waals surface area contributed by atoms with E-state index in [1.165, 1.54) is 27.9 Å². The second kappa shape index (κ2) is 11.1. The van der Waals surface area contributed by atoms with Crippen molar-refractivity contribution < 1.29 is 32.2 Å². The summed E-state index contributed by atoms with van der Waals surface area (Å²) in [5, 5.41) is 18.4. The van der Waals surface area contributed by atoms with Crippen LogP contribution in [-0.4, -0.2) is 85.4 Å². The number of rotatable bonds is 5. The second-order valence-corrected chi connectivity index (χ2v) is 12.8. The lowest BCUT2D eigenvalue weighted by Crippen LogP contribution is -2.42. The number of nitrogens with one attached hydrogen (secondary N) is 1. The number of hydrogen-bond donors (Lipinski definition) is 2. The first-order valence-corrected chi connectivity index (χ1v) is 14.3. The van der Waals surface area contributed by atoms with Gasteiger partial charge in [-0.3, -0.25) is 0 Å². The van der Waals surface area contributed by atoms with Crippen LogP contribution in [0.1, 0.15) is 53.0 Å². The molecule has 10 nitrogen and oxygen atoms in total. The zero-order valence-corrected chi connectivity index (χ0v) is 24.8. The fourth-order valence-corrected chi connectivity index (χ4v) is 5.54. The Bertz CT molecular complexity index is 1470. The molecule has 1 aromatic carbocycles. The maximum atomic E-state index is 15.2. The van der Waals surface area contributed by atoms with Gasteiger partial charge in [-0.05, 0) is 71.6 Å². The van der Waals surface area contributed by atoms with E-state index in [-0.39, 0.29) is 36.3 Å². The number of anilines is 2. The Labute approximate surface area is 247 Å². The molecule has 0 unspecified atom stereocenters. The van der Waals surface area contributed by atoms with Gasteiger partial charge in [-0.15, -0.1) is 0 Å². The van der Waals surface area contributed by atoms with E-state index in [0.29, 0.717) is 37.1 Å². The number of fused-ring (bicyclic) bond motifs is 1. The molecule has 0 aliphatic carbocycles. The molecule has 2 N–H and O–H groups in total. The van der Waals surface area contributed by atoms with Crippen LogP contribution in [0.2, 0.25) is 0 Å². The number of nitrogens with zero attached hydrogens (tertiary/aromatic N) is 6. The number of carbonyl (C=O) groups is 1. The Balaban J connectivity index is 1.50. The van der Waals surface area contributed by atoms with Gasteiger partial charge in [0.15, 0.2) is 5.65 Å². The minimum atomic E-state index is -4.55. The SMILES string of the molecule is CC(C)(C)OC(=O)N1C[C@@H](F)[C@H](Nc2nc(N3CCC(C(C)(C)O)CC3)c3cnn(-c4cccc(C(F)(F)F)c4)c3n2)C1. The molecule has 14 heteroatoms. The summed E-state index contributed by atoms with van der Waals surface area (Å²) >= 11 is 0. The number of benzene rings is 1. The average molecular weight is 608 g/mol. The Morgan fingerprint density at radius 2 is 1.77 bits per heavy atom. The Morgan fingerprint density at radius 1 is 1.07 bits per heavy atom. The molecule has 43 heavy (non-hydrogen) atoms. The van der Waals surface area contributed by atoms with Crippen molar-refractivity contribution in [3.05, 3.63) is 36.0 Å². The van der Waals surface area contributed by atoms with Gasteiger partial charge in [0.1, 0.15) is 17.6 Å². The average Bonchev–Trinajstić information content (AvgIpc) is 3.50. The van der Waals surface area contributed by atoms with Crippen molar-refractivity contribution >= 4 is 28.9 Å². The third-order valence-corrected chi connectivity index (χ3v) is 7.83. The second-order valence-electron chi connectivity index (χ2n) is 12.8. The maximum absolute atomic E-state index is 15.2. The van der Waals surface area contributed by atoms with Crippen molar-refractivity contribution in [2.45, 2.75) is 77.1 Å². The van der Waals surface area contributed by atoms with E-state index in [1.54, 1.807) is 34.6 Å². The number of halogens is 4. The number of piperidine rings is 1. The molecule has 2 saturated heterocycles. The monoisotopic (exact) mass is 607 g/mol. The first-order valence-electron chi connectivity index (χ1n) is 14.3. The molecule has 1 amide bonds. The van der Waals surface area contributed by atoms with Gasteiger partial charge >= 0.3 is 12.3 Å². The van der Waals surface area contributed by atoms with E-state index in [9.17, 15) is 23.1 Å². The summed E-state index contributed by atoms with van der Waals surface area (Å²) in [7, 11) is 0. The lowest BCUT2D eigenvalue weighted by atomic mass is 9.83. The van der Waals surface area contributed by atoms with E-state index in [0.717, 1.165) is 12.1 Å². The molecule has 2 fully saturated rings. The molecule has 5 rings (SSSR count). The van der Waals surface area contributed by atoms with Gasteiger partial charge in [-0.1, -0.05) is 6.07 Å². The smallest absolute Gasteiger partial charge is 0.416 e. The highest BCUT2D eigenvalue weighted by Crippen LogP contribution is 2.35. The molecule has 0 saturated carbocycles. The topological polar surface area (TPSA) is 109 Å². The van der Waals surface area contributed by atoms with Gasteiger partial charge in [0.2, 0.25) is 5.95 Å². The van der Waals surface area contributed by atoms with Crippen molar-refractivity contribution in [3.63, 3.8) is 0 Å². The highest BCUT2D eigenvalue weighted by atomic mass is 19.4. The molecule has 2 aromatic heterocycles.